The minimum absolute atomic E-state index is 0.495. The van der Waals surface area contributed by atoms with Crippen molar-refractivity contribution >= 4 is 6.16 Å². The molecule has 3 nitrogen and oxygen atoms in total. The zero-order valence-corrected chi connectivity index (χ0v) is 11.5. The minimum Gasteiger partial charge on any atom is -0.434 e. The Morgan fingerprint density at radius 3 is 1.59 bits per heavy atom. The molecule has 0 amide bonds. The molecule has 3 heteroatoms. The van der Waals surface area contributed by atoms with E-state index in [1.807, 2.05) is 0 Å². The molecule has 0 aliphatic rings. The molecule has 0 aromatic rings. The fourth-order valence-electron chi connectivity index (χ4n) is 1.59. The maximum atomic E-state index is 11.1. The van der Waals surface area contributed by atoms with Crippen molar-refractivity contribution in [2.24, 2.45) is 0 Å². The summed E-state index contributed by atoms with van der Waals surface area (Å²) in [5.41, 5.74) is 0. The van der Waals surface area contributed by atoms with Gasteiger partial charge in [-0.15, -0.1) is 0 Å². The lowest BCUT2D eigenvalue weighted by Gasteiger charge is -2.05. The maximum absolute atomic E-state index is 11.1. The first kappa shape index (κ1) is 16.3. The van der Waals surface area contributed by atoms with Crippen LogP contribution in [-0.4, -0.2) is 19.4 Å². The average molecular weight is 244 g/mol. The van der Waals surface area contributed by atoms with Gasteiger partial charge in [0, 0.05) is 0 Å². The van der Waals surface area contributed by atoms with Crippen LogP contribution in [0.4, 0.5) is 4.79 Å². The van der Waals surface area contributed by atoms with Crippen molar-refractivity contribution < 1.29 is 14.3 Å². The highest BCUT2D eigenvalue weighted by Crippen LogP contribution is 2.03. The first-order valence-corrected chi connectivity index (χ1v) is 7.10. The van der Waals surface area contributed by atoms with E-state index in [0.717, 1.165) is 25.7 Å². The lowest BCUT2D eigenvalue weighted by Crippen LogP contribution is -2.09. The fourth-order valence-corrected chi connectivity index (χ4v) is 1.59. The summed E-state index contributed by atoms with van der Waals surface area (Å²) in [6.07, 6.45) is 9.78. The van der Waals surface area contributed by atoms with Crippen molar-refractivity contribution in [3.05, 3.63) is 0 Å². The summed E-state index contributed by atoms with van der Waals surface area (Å²) < 4.78 is 9.92. The third kappa shape index (κ3) is 13.2. The minimum atomic E-state index is -0.503. The van der Waals surface area contributed by atoms with Crippen LogP contribution in [-0.2, 0) is 9.47 Å². The number of hydrogen-bond donors (Lipinski definition) is 0. The van der Waals surface area contributed by atoms with E-state index in [1.165, 1.54) is 32.1 Å². The monoisotopic (exact) mass is 244 g/mol. The Morgan fingerprint density at radius 2 is 1.12 bits per heavy atom. The van der Waals surface area contributed by atoms with Gasteiger partial charge in [0.15, 0.2) is 0 Å². The van der Waals surface area contributed by atoms with Gasteiger partial charge >= 0.3 is 6.16 Å². The Hall–Kier alpha value is -0.730. The Balaban J connectivity index is 3.12. The molecule has 0 heterocycles. The van der Waals surface area contributed by atoms with E-state index in [0.29, 0.717) is 13.2 Å². The van der Waals surface area contributed by atoms with Crippen molar-refractivity contribution in [2.75, 3.05) is 13.2 Å². The van der Waals surface area contributed by atoms with Gasteiger partial charge in [-0.1, -0.05) is 58.8 Å². The molecule has 0 unspecified atom stereocenters. The van der Waals surface area contributed by atoms with Crippen LogP contribution in [0.3, 0.4) is 0 Å². The number of unbranched alkanes of at least 4 members (excludes halogenated alkanes) is 7. The fraction of sp³-hybridized carbons (Fsp3) is 0.929. The average Bonchev–Trinajstić information content (AvgIpc) is 2.33. The third-order valence-electron chi connectivity index (χ3n) is 2.69. The number of rotatable bonds is 11. The second kappa shape index (κ2) is 13.3. The van der Waals surface area contributed by atoms with E-state index < -0.39 is 6.16 Å². The summed E-state index contributed by atoms with van der Waals surface area (Å²) in [5, 5.41) is 0. The smallest absolute Gasteiger partial charge is 0.434 e. The van der Waals surface area contributed by atoms with E-state index in [-0.39, 0.29) is 0 Å². The molecule has 0 saturated carbocycles. The van der Waals surface area contributed by atoms with Gasteiger partial charge in [0.05, 0.1) is 13.2 Å². The normalized spacial score (nSPS) is 10.2. The molecular weight excluding hydrogens is 216 g/mol. The van der Waals surface area contributed by atoms with Crippen LogP contribution in [0.5, 0.6) is 0 Å². The zero-order valence-electron chi connectivity index (χ0n) is 11.5. The summed E-state index contributed by atoms with van der Waals surface area (Å²) in [7, 11) is 0. The van der Waals surface area contributed by atoms with Gasteiger partial charge < -0.3 is 9.47 Å². The highest BCUT2D eigenvalue weighted by Gasteiger charge is 2.02. The molecule has 0 radical (unpaired) electrons. The van der Waals surface area contributed by atoms with E-state index in [2.05, 4.69) is 13.8 Å². The van der Waals surface area contributed by atoms with Crippen LogP contribution in [0.2, 0.25) is 0 Å². The van der Waals surface area contributed by atoms with Gasteiger partial charge in [0.1, 0.15) is 0 Å². The molecule has 0 bridgehead atoms. The Morgan fingerprint density at radius 1 is 0.706 bits per heavy atom. The Bertz CT molecular complexity index is 169. The highest BCUT2D eigenvalue weighted by atomic mass is 16.7. The molecule has 0 saturated heterocycles. The van der Waals surface area contributed by atoms with Gasteiger partial charge in [-0.2, -0.15) is 0 Å². The number of hydrogen-bond acceptors (Lipinski definition) is 3. The quantitative estimate of drug-likeness (QED) is 0.390. The van der Waals surface area contributed by atoms with Crippen LogP contribution in [0, 0.1) is 0 Å². The molecule has 17 heavy (non-hydrogen) atoms. The highest BCUT2D eigenvalue weighted by molar-refractivity contribution is 5.59. The van der Waals surface area contributed by atoms with Crippen LogP contribution < -0.4 is 0 Å². The maximum Gasteiger partial charge on any atom is 0.508 e. The molecule has 0 fully saturated rings. The summed E-state index contributed by atoms with van der Waals surface area (Å²) in [5.74, 6) is 0. The summed E-state index contributed by atoms with van der Waals surface area (Å²) in [6, 6.07) is 0. The lowest BCUT2D eigenvalue weighted by molar-refractivity contribution is 0.0529. The van der Waals surface area contributed by atoms with Crippen LogP contribution in [0.25, 0.3) is 0 Å². The van der Waals surface area contributed by atoms with E-state index in [1.54, 1.807) is 0 Å². The second-order valence-corrected chi connectivity index (χ2v) is 4.42. The van der Waals surface area contributed by atoms with Crippen LogP contribution >= 0.6 is 0 Å². The predicted molar refractivity (Wildman–Crippen MR) is 70.2 cm³/mol. The van der Waals surface area contributed by atoms with E-state index in [9.17, 15) is 4.79 Å². The first-order valence-electron chi connectivity index (χ1n) is 7.10. The lowest BCUT2D eigenvalue weighted by atomic mass is 10.2. The van der Waals surface area contributed by atoms with Crippen LogP contribution in [0.1, 0.15) is 71.6 Å². The predicted octanol–water partition coefficient (Wildman–Crippen LogP) is 4.69. The number of carbonyl (C=O) groups excluding carboxylic acids is 1. The second-order valence-electron chi connectivity index (χ2n) is 4.42. The number of carbonyl (C=O) groups is 1. The van der Waals surface area contributed by atoms with Gasteiger partial charge in [-0.25, -0.2) is 4.79 Å². The van der Waals surface area contributed by atoms with Gasteiger partial charge in [0.25, 0.3) is 0 Å². The molecule has 0 N–H and O–H groups in total. The molecule has 0 rings (SSSR count). The zero-order chi connectivity index (χ0) is 12.8. The van der Waals surface area contributed by atoms with E-state index >= 15 is 0 Å². The van der Waals surface area contributed by atoms with Crippen LogP contribution in [0.15, 0.2) is 0 Å². The third-order valence-corrected chi connectivity index (χ3v) is 2.69. The molecule has 0 aromatic carbocycles. The molecule has 0 spiro atoms. The Kier molecular flexibility index (Phi) is 12.8. The van der Waals surface area contributed by atoms with Crippen molar-refractivity contribution in [3.8, 4) is 0 Å². The van der Waals surface area contributed by atoms with Gasteiger partial charge in [0.2, 0.25) is 0 Å². The largest absolute Gasteiger partial charge is 0.508 e. The summed E-state index contributed by atoms with van der Waals surface area (Å²) in [4.78, 5) is 11.1. The van der Waals surface area contributed by atoms with Crippen molar-refractivity contribution in [3.63, 3.8) is 0 Å². The van der Waals surface area contributed by atoms with Gasteiger partial charge in [-0.05, 0) is 12.8 Å². The van der Waals surface area contributed by atoms with Crippen molar-refractivity contribution in [2.45, 2.75) is 71.6 Å². The molecule has 0 aromatic heterocycles. The van der Waals surface area contributed by atoms with Crippen molar-refractivity contribution in [1.82, 2.24) is 0 Å². The van der Waals surface area contributed by atoms with Crippen molar-refractivity contribution in [1.29, 1.82) is 0 Å². The summed E-state index contributed by atoms with van der Waals surface area (Å²) >= 11 is 0. The summed E-state index contributed by atoms with van der Waals surface area (Å²) in [6.45, 7) is 5.34. The van der Waals surface area contributed by atoms with E-state index in [4.69, 9.17) is 9.47 Å². The topological polar surface area (TPSA) is 35.5 Å². The molecule has 0 aliphatic heterocycles. The molecule has 0 atom stereocenters. The SMILES string of the molecule is CCCCCCCOC(=O)OCCCCCC. The molecule has 102 valence electrons. The first-order chi connectivity index (χ1) is 8.31. The standard InChI is InChI=1S/C14H28O3/c1-3-5-7-9-11-13-17-14(15)16-12-10-8-6-4-2/h3-13H2,1-2H3. The van der Waals surface area contributed by atoms with Gasteiger partial charge in [-0.3, -0.25) is 0 Å². The molecular formula is C14H28O3. The Labute approximate surface area is 106 Å². The molecule has 0 aliphatic carbocycles. The number of ether oxygens (including phenoxy) is 2.